The van der Waals surface area contributed by atoms with Gasteiger partial charge in [-0.05, 0) is 11.8 Å². The van der Waals surface area contributed by atoms with E-state index in [4.69, 9.17) is 5.11 Å². The van der Waals surface area contributed by atoms with Crippen molar-refractivity contribution in [2.24, 2.45) is 10.8 Å². The van der Waals surface area contributed by atoms with Crippen LogP contribution < -0.4 is 5.32 Å². The molecule has 0 unspecified atom stereocenters. The Kier molecular flexibility index (Phi) is 7.86. The summed E-state index contributed by atoms with van der Waals surface area (Å²) in [5, 5.41) is 10.9. The molecule has 0 aliphatic carbocycles. The summed E-state index contributed by atoms with van der Waals surface area (Å²) in [5.41, 5.74) is -0.488. The molecule has 0 rings (SSSR count). The third kappa shape index (κ3) is 9.85. The van der Waals surface area contributed by atoms with Gasteiger partial charge >= 0.3 is 5.97 Å². The molecule has 102 valence electrons. The Morgan fingerprint density at radius 3 is 1.76 bits per heavy atom. The number of amides is 1. The first-order valence-electron chi connectivity index (χ1n) is 6.05. The number of rotatable bonds is 4. The van der Waals surface area contributed by atoms with Gasteiger partial charge in [0.15, 0.2) is 0 Å². The highest BCUT2D eigenvalue weighted by Crippen LogP contribution is 2.33. The number of carboxylic acids is 1. The van der Waals surface area contributed by atoms with Crippen LogP contribution in [0.2, 0.25) is 0 Å². The summed E-state index contributed by atoms with van der Waals surface area (Å²) < 4.78 is 0. The minimum atomic E-state index is -1.02. The van der Waals surface area contributed by atoms with Gasteiger partial charge in [-0.1, -0.05) is 48.5 Å². The molecule has 0 heterocycles. The Morgan fingerprint density at radius 2 is 1.47 bits per heavy atom. The first-order valence-corrected chi connectivity index (χ1v) is 6.05. The summed E-state index contributed by atoms with van der Waals surface area (Å²) in [6, 6.07) is 0. The largest absolute Gasteiger partial charge is 0.480 e. The quantitative estimate of drug-likeness (QED) is 0.800. The molecule has 0 bridgehead atoms. The fourth-order valence-corrected chi connectivity index (χ4v) is 1.80. The number of hydrogen-bond acceptors (Lipinski definition) is 2. The number of nitrogens with one attached hydrogen (secondary N) is 1. The van der Waals surface area contributed by atoms with Crippen LogP contribution in [0.1, 0.15) is 54.9 Å². The molecule has 0 spiro atoms. The molecule has 4 nitrogen and oxygen atoms in total. The summed E-state index contributed by atoms with van der Waals surface area (Å²) >= 11 is 0. The molecule has 4 heteroatoms. The molecule has 1 amide bonds. The van der Waals surface area contributed by atoms with E-state index >= 15 is 0 Å². The Labute approximate surface area is 105 Å². The van der Waals surface area contributed by atoms with Crippen LogP contribution in [0.5, 0.6) is 0 Å². The molecule has 0 radical (unpaired) electrons. The van der Waals surface area contributed by atoms with E-state index < -0.39 is 11.4 Å². The summed E-state index contributed by atoms with van der Waals surface area (Å²) in [6.45, 7) is 13.5. The predicted octanol–water partition coefficient (Wildman–Crippen LogP) is 2.68. The smallest absolute Gasteiger partial charge is 0.322 e. The molecule has 0 aliphatic heterocycles. The average molecular weight is 245 g/mol. The normalized spacial score (nSPS) is 11.2. The zero-order chi connectivity index (χ0) is 14.3. The number of aliphatic carboxylic acids is 1. The van der Waals surface area contributed by atoms with Gasteiger partial charge in [0, 0.05) is 5.41 Å². The highest BCUT2D eigenvalue weighted by Gasteiger charge is 2.32. The number of carbonyl (C=O) groups excluding carboxylic acids is 1. The number of carboxylic acid groups (broad SMARTS) is 1. The fraction of sp³-hybridized carbons (Fsp3) is 0.846. The molecular formula is C13H27NO3. The molecule has 0 aromatic rings. The van der Waals surface area contributed by atoms with E-state index in [9.17, 15) is 9.59 Å². The molecule has 0 aliphatic rings. The van der Waals surface area contributed by atoms with E-state index in [-0.39, 0.29) is 17.9 Å². The van der Waals surface area contributed by atoms with Gasteiger partial charge in [-0.15, -0.1) is 0 Å². The van der Waals surface area contributed by atoms with Gasteiger partial charge in [0.2, 0.25) is 5.91 Å². The monoisotopic (exact) mass is 245 g/mol. The minimum Gasteiger partial charge on any atom is -0.480 e. The van der Waals surface area contributed by atoms with E-state index in [2.05, 4.69) is 26.1 Å². The fourth-order valence-electron chi connectivity index (χ4n) is 1.80. The topological polar surface area (TPSA) is 66.4 Å². The zero-order valence-electron chi connectivity index (χ0n) is 12.2. The number of carbonyl (C=O) groups is 2. The molecule has 2 N–H and O–H groups in total. The van der Waals surface area contributed by atoms with Gasteiger partial charge in [0.05, 0.1) is 0 Å². The molecule has 0 aromatic carbocycles. The molecule has 0 atom stereocenters. The van der Waals surface area contributed by atoms with Crippen LogP contribution in [-0.4, -0.2) is 23.5 Å². The second-order valence-electron chi connectivity index (χ2n) is 5.70. The van der Waals surface area contributed by atoms with Gasteiger partial charge in [-0.3, -0.25) is 9.59 Å². The maximum absolute atomic E-state index is 11.7. The molecule has 0 aromatic heterocycles. The van der Waals surface area contributed by atoms with Gasteiger partial charge in [0.25, 0.3) is 0 Å². The van der Waals surface area contributed by atoms with E-state index in [0.717, 1.165) is 0 Å². The summed E-state index contributed by atoms with van der Waals surface area (Å²) in [5.74, 6) is -1.23. The van der Waals surface area contributed by atoms with Crippen LogP contribution in [0.3, 0.4) is 0 Å². The van der Waals surface area contributed by atoms with Crippen LogP contribution >= 0.6 is 0 Å². The molecule has 0 saturated heterocycles. The lowest BCUT2D eigenvalue weighted by atomic mass is 9.76. The van der Waals surface area contributed by atoms with Crippen molar-refractivity contribution < 1.29 is 14.7 Å². The maximum Gasteiger partial charge on any atom is 0.322 e. The lowest BCUT2D eigenvalue weighted by molar-refractivity contribution is -0.140. The highest BCUT2D eigenvalue weighted by molar-refractivity contribution is 5.85. The predicted molar refractivity (Wildman–Crippen MR) is 69.8 cm³/mol. The SMILES string of the molecule is CC.CC(C)(C)CC(C)(C)C(=O)NCC(=O)O. The average Bonchev–Trinajstić information content (AvgIpc) is 2.13. The Morgan fingerprint density at radius 1 is 1.06 bits per heavy atom. The van der Waals surface area contributed by atoms with Crippen LogP contribution in [0.25, 0.3) is 0 Å². The van der Waals surface area contributed by atoms with Crippen molar-refractivity contribution in [2.75, 3.05) is 6.54 Å². The van der Waals surface area contributed by atoms with Crippen molar-refractivity contribution in [2.45, 2.75) is 54.9 Å². The number of hydrogen-bond donors (Lipinski definition) is 2. The van der Waals surface area contributed by atoms with Crippen LogP contribution in [0.15, 0.2) is 0 Å². The Bertz CT molecular complexity index is 252. The van der Waals surface area contributed by atoms with Crippen LogP contribution in [0.4, 0.5) is 0 Å². The second-order valence-corrected chi connectivity index (χ2v) is 5.70. The first kappa shape index (κ1) is 18.3. The van der Waals surface area contributed by atoms with Crippen molar-refractivity contribution >= 4 is 11.9 Å². The van der Waals surface area contributed by atoms with Crippen molar-refractivity contribution in [3.05, 3.63) is 0 Å². The van der Waals surface area contributed by atoms with Crippen molar-refractivity contribution in [1.82, 2.24) is 5.32 Å². The molecule has 0 fully saturated rings. The van der Waals surface area contributed by atoms with E-state index in [0.29, 0.717) is 6.42 Å². The van der Waals surface area contributed by atoms with E-state index in [1.165, 1.54) is 0 Å². The summed E-state index contributed by atoms with van der Waals surface area (Å²) in [7, 11) is 0. The van der Waals surface area contributed by atoms with E-state index in [1.54, 1.807) is 0 Å². The van der Waals surface area contributed by atoms with Crippen molar-refractivity contribution in [3.8, 4) is 0 Å². The van der Waals surface area contributed by atoms with Crippen LogP contribution in [0, 0.1) is 10.8 Å². The lowest BCUT2D eigenvalue weighted by Gasteiger charge is -2.30. The standard InChI is InChI=1S/C11H21NO3.C2H6/c1-10(2,3)7-11(4,5)9(15)12-6-8(13)14;1-2/h6-7H2,1-5H3,(H,12,15)(H,13,14);1-2H3. The first-order chi connectivity index (χ1) is 7.54. The Hall–Kier alpha value is -1.06. The summed E-state index contributed by atoms with van der Waals surface area (Å²) in [4.78, 5) is 22.0. The minimum absolute atomic E-state index is 0.0457. The lowest BCUT2D eigenvalue weighted by Crippen LogP contribution is -2.41. The van der Waals surface area contributed by atoms with Gasteiger partial charge in [-0.25, -0.2) is 0 Å². The molecular weight excluding hydrogens is 218 g/mol. The van der Waals surface area contributed by atoms with Gasteiger partial charge in [-0.2, -0.15) is 0 Å². The summed E-state index contributed by atoms with van der Waals surface area (Å²) in [6.07, 6.45) is 0.714. The Balaban J connectivity index is 0. The molecule has 0 saturated carbocycles. The van der Waals surface area contributed by atoms with Crippen LogP contribution in [-0.2, 0) is 9.59 Å². The maximum atomic E-state index is 11.7. The second kappa shape index (κ2) is 7.30. The third-order valence-electron chi connectivity index (χ3n) is 1.99. The van der Waals surface area contributed by atoms with Gasteiger partial charge in [0.1, 0.15) is 6.54 Å². The van der Waals surface area contributed by atoms with Crippen molar-refractivity contribution in [1.29, 1.82) is 0 Å². The van der Waals surface area contributed by atoms with E-state index in [1.807, 2.05) is 27.7 Å². The van der Waals surface area contributed by atoms with Gasteiger partial charge < -0.3 is 10.4 Å². The van der Waals surface area contributed by atoms with Crippen molar-refractivity contribution in [3.63, 3.8) is 0 Å². The highest BCUT2D eigenvalue weighted by atomic mass is 16.4. The third-order valence-corrected chi connectivity index (χ3v) is 1.99. The molecule has 17 heavy (non-hydrogen) atoms. The zero-order valence-corrected chi connectivity index (χ0v) is 12.2.